The van der Waals surface area contributed by atoms with E-state index in [-0.39, 0.29) is 6.10 Å². The molecule has 0 radical (unpaired) electrons. The van der Waals surface area contributed by atoms with Crippen molar-refractivity contribution in [3.63, 3.8) is 0 Å². The van der Waals surface area contributed by atoms with E-state index < -0.39 is 0 Å². The summed E-state index contributed by atoms with van der Waals surface area (Å²) in [4.78, 5) is 5.21. The molecule has 3 heteroatoms. The van der Waals surface area contributed by atoms with Crippen LogP contribution in [0.3, 0.4) is 0 Å². The van der Waals surface area contributed by atoms with Gasteiger partial charge in [-0.1, -0.05) is 60.7 Å². The van der Waals surface area contributed by atoms with E-state index in [4.69, 9.17) is 0 Å². The van der Waals surface area contributed by atoms with Crippen LogP contribution in [-0.4, -0.2) is 46.2 Å². The van der Waals surface area contributed by atoms with Crippen LogP contribution in [0.15, 0.2) is 60.7 Å². The first kappa shape index (κ1) is 18.7. The predicted molar refractivity (Wildman–Crippen MR) is 110 cm³/mol. The molecule has 2 aliphatic rings. The zero-order chi connectivity index (χ0) is 18.5. The fourth-order valence-electron chi connectivity index (χ4n) is 4.84. The van der Waals surface area contributed by atoms with Gasteiger partial charge in [-0.25, -0.2) is 0 Å². The fourth-order valence-corrected chi connectivity index (χ4v) is 4.84. The van der Waals surface area contributed by atoms with Crippen LogP contribution in [0, 0.1) is 0 Å². The molecule has 1 saturated heterocycles. The Morgan fingerprint density at radius 2 is 1.33 bits per heavy atom. The second-order valence-corrected chi connectivity index (χ2v) is 8.28. The maximum Gasteiger partial charge on any atom is 0.0679 e. The van der Waals surface area contributed by atoms with Crippen LogP contribution in [0.25, 0.3) is 0 Å². The van der Waals surface area contributed by atoms with Gasteiger partial charge in [-0.05, 0) is 43.2 Å². The summed E-state index contributed by atoms with van der Waals surface area (Å²) in [5, 5.41) is 9.85. The Morgan fingerprint density at radius 1 is 0.778 bits per heavy atom. The fraction of sp³-hybridized carbons (Fsp3) is 0.500. The molecule has 4 rings (SSSR count). The van der Waals surface area contributed by atoms with Gasteiger partial charge in [-0.3, -0.25) is 9.80 Å². The highest BCUT2D eigenvalue weighted by atomic mass is 16.3. The maximum atomic E-state index is 9.85. The molecule has 0 amide bonds. The van der Waals surface area contributed by atoms with E-state index in [0.717, 1.165) is 32.6 Å². The van der Waals surface area contributed by atoms with Gasteiger partial charge in [0.2, 0.25) is 0 Å². The van der Waals surface area contributed by atoms with Crippen LogP contribution in [0.4, 0.5) is 0 Å². The van der Waals surface area contributed by atoms with E-state index in [9.17, 15) is 5.11 Å². The number of aliphatic hydroxyl groups is 1. The number of rotatable bonds is 6. The molecule has 0 aromatic heterocycles. The third-order valence-electron chi connectivity index (χ3n) is 6.35. The number of likely N-dealkylation sites (tertiary alicyclic amines) is 1. The van der Waals surface area contributed by atoms with Crippen molar-refractivity contribution in [2.45, 2.75) is 63.4 Å². The minimum absolute atomic E-state index is 0.101. The van der Waals surface area contributed by atoms with E-state index >= 15 is 0 Å². The minimum atomic E-state index is -0.101. The summed E-state index contributed by atoms with van der Waals surface area (Å²) in [6.45, 7) is 4.00. The maximum absolute atomic E-state index is 9.85. The highest BCUT2D eigenvalue weighted by Crippen LogP contribution is 2.30. The smallest absolute Gasteiger partial charge is 0.0679 e. The van der Waals surface area contributed by atoms with Gasteiger partial charge in [-0.2, -0.15) is 0 Å². The van der Waals surface area contributed by atoms with Gasteiger partial charge in [0.1, 0.15) is 0 Å². The van der Waals surface area contributed by atoms with Crippen LogP contribution in [0.5, 0.6) is 0 Å². The van der Waals surface area contributed by atoms with E-state index in [1.165, 1.54) is 36.8 Å². The summed E-state index contributed by atoms with van der Waals surface area (Å²) in [5.74, 6) is 0. The first-order valence-corrected chi connectivity index (χ1v) is 10.5. The van der Waals surface area contributed by atoms with Gasteiger partial charge in [0.25, 0.3) is 0 Å². The number of β-amino-alcohol motifs (C(OH)–C–C–N with tert-alkyl or cyclic N) is 1. The quantitative estimate of drug-likeness (QED) is 0.837. The summed E-state index contributed by atoms with van der Waals surface area (Å²) < 4.78 is 0. The van der Waals surface area contributed by atoms with Crippen molar-refractivity contribution >= 4 is 0 Å². The van der Waals surface area contributed by atoms with Gasteiger partial charge in [-0.15, -0.1) is 0 Å². The topological polar surface area (TPSA) is 26.7 Å². The van der Waals surface area contributed by atoms with Gasteiger partial charge in [0.15, 0.2) is 0 Å². The van der Waals surface area contributed by atoms with Crippen molar-refractivity contribution in [3.05, 3.63) is 71.8 Å². The number of hydrogen-bond acceptors (Lipinski definition) is 3. The molecule has 1 aliphatic carbocycles. The van der Waals surface area contributed by atoms with Gasteiger partial charge in [0.05, 0.1) is 6.10 Å². The lowest BCUT2D eigenvalue weighted by Gasteiger charge is -2.40. The van der Waals surface area contributed by atoms with Crippen molar-refractivity contribution in [1.29, 1.82) is 0 Å². The summed E-state index contributed by atoms with van der Waals surface area (Å²) in [6.07, 6.45) is 5.90. The molecule has 2 aromatic rings. The summed E-state index contributed by atoms with van der Waals surface area (Å²) in [6, 6.07) is 23.1. The Kier molecular flexibility index (Phi) is 6.23. The summed E-state index contributed by atoms with van der Waals surface area (Å²) in [7, 11) is 0. The Balaban J connectivity index is 1.41. The van der Waals surface area contributed by atoms with Crippen molar-refractivity contribution in [1.82, 2.24) is 9.80 Å². The van der Waals surface area contributed by atoms with Crippen LogP contribution in [0.1, 0.15) is 43.2 Å². The third-order valence-corrected chi connectivity index (χ3v) is 6.35. The molecule has 0 unspecified atom stereocenters. The number of nitrogens with zero attached hydrogens (tertiary/aromatic N) is 2. The Morgan fingerprint density at radius 3 is 1.81 bits per heavy atom. The highest BCUT2D eigenvalue weighted by Gasteiger charge is 2.32. The number of benzene rings is 2. The molecule has 2 aromatic carbocycles. The standard InChI is InChI=1S/C24H32N2O/c27-24-15-16-25(19-24)22-11-13-23(14-12-22)26(17-20-7-3-1-4-8-20)18-21-9-5-2-6-10-21/h1-10,22-24,27H,11-19H2/t22?,23?,24-/m1/s1. The summed E-state index contributed by atoms with van der Waals surface area (Å²) in [5.41, 5.74) is 2.80. The monoisotopic (exact) mass is 364 g/mol. The third kappa shape index (κ3) is 4.98. The SMILES string of the molecule is O[C@@H]1CCN(C2CCC(N(Cc3ccccc3)Cc3ccccc3)CC2)C1. The molecule has 1 saturated carbocycles. The molecule has 144 valence electrons. The van der Waals surface area contributed by atoms with Gasteiger partial charge >= 0.3 is 0 Å². The number of aliphatic hydroxyl groups excluding tert-OH is 1. The Labute approximate surface area is 163 Å². The van der Waals surface area contributed by atoms with E-state index in [0.29, 0.717) is 12.1 Å². The highest BCUT2D eigenvalue weighted by molar-refractivity contribution is 5.17. The molecule has 1 heterocycles. The molecule has 1 aliphatic heterocycles. The van der Waals surface area contributed by atoms with E-state index in [2.05, 4.69) is 70.5 Å². The average Bonchev–Trinajstić information content (AvgIpc) is 3.16. The molecule has 27 heavy (non-hydrogen) atoms. The molecule has 2 fully saturated rings. The molecular weight excluding hydrogens is 332 g/mol. The van der Waals surface area contributed by atoms with Crippen molar-refractivity contribution in [3.8, 4) is 0 Å². The van der Waals surface area contributed by atoms with Crippen molar-refractivity contribution < 1.29 is 5.11 Å². The molecule has 0 spiro atoms. The molecule has 3 nitrogen and oxygen atoms in total. The minimum Gasteiger partial charge on any atom is -0.392 e. The molecular formula is C24H32N2O. The Hall–Kier alpha value is -1.68. The lowest BCUT2D eigenvalue weighted by molar-refractivity contribution is 0.0882. The van der Waals surface area contributed by atoms with Crippen LogP contribution < -0.4 is 0 Å². The van der Waals surface area contributed by atoms with E-state index in [1.54, 1.807) is 0 Å². The molecule has 1 atom stereocenters. The normalized spacial score (nSPS) is 26.5. The number of hydrogen-bond donors (Lipinski definition) is 1. The Bertz CT molecular complexity index is 641. The lowest BCUT2D eigenvalue weighted by Crippen LogP contribution is -2.43. The van der Waals surface area contributed by atoms with Crippen molar-refractivity contribution in [2.75, 3.05) is 13.1 Å². The van der Waals surface area contributed by atoms with Crippen LogP contribution in [-0.2, 0) is 13.1 Å². The van der Waals surface area contributed by atoms with E-state index in [1.807, 2.05) is 0 Å². The second-order valence-electron chi connectivity index (χ2n) is 8.28. The predicted octanol–water partition coefficient (Wildman–Crippen LogP) is 4.07. The summed E-state index contributed by atoms with van der Waals surface area (Å²) >= 11 is 0. The first-order valence-electron chi connectivity index (χ1n) is 10.5. The van der Waals surface area contributed by atoms with Gasteiger partial charge < -0.3 is 5.11 Å². The van der Waals surface area contributed by atoms with Crippen LogP contribution >= 0.6 is 0 Å². The van der Waals surface area contributed by atoms with Gasteiger partial charge in [0, 0.05) is 38.3 Å². The zero-order valence-corrected chi connectivity index (χ0v) is 16.2. The lowest BCUT2D eigenvalue weighted by atomic mass is 9.88. The van der Waals surface area contributed by atoms with Crippen molar-refractivity contribution in [2.24, 2.45) is 0 Å². The average molecular weight is 365 g/mol. The molecule has 1 N–H and O–H groups in total. The first-order chi connectivity index (χ1) is 13.3. The second kappa shape index (κ2) is 9.01. The molecule has 0 bridgehead atoms. The zero-order valence-electron chi connectivity index (χ0n) is 16.2. The van der Waals surface area contributed by atoms with Crippen LogP contribution in [0.2, 0.25) is 0 Å². The largest absolute Gasteiger partial charge is 0.392 e.